The van der Waals surface area contributed by atoms with E-state index in [1.807, 2.05) is 6.92 Å². The molecule has 0 fully saturated rings. The van der Waals surface area contributed by atoms with Crippen LogP contribution in [0, 0.1) is 10.1 Å². The summed E-state index contributed by atoms with van der Waals surface area (Å²) in [7, 11) is 0. The molecule has 120 valence electrons. The Kier molecular flexibility index (Phi) is 5.68. The van der Waals surface area contributed by atoms with Crippen molar-refractivity contribution in [3.05, 3.63) is 67.4 Å². The fraction of sp³-hybridized carbons (Fsp3) is 0.200. The van der Waals surface area contributed by atoms with Crippen molar-refractivity contribution in [2.45, 2.75) is 12.8 Å². The first kappa shape index (κ1) is 17.4. The Morgan fingerprint density at radius 1 is 1.43 bits per heavy atom. The van der Waals surface area contributed by atoms with Gasteiger partial charge in [0.1, 0.15) is 5.15 Å². The summed E-state index contributed by atoms with van der Waals surface area (Å²) in [6, 6.07) is 7.86. The number of hydrogen-bond donors (Lipinski definition) is 1. The third kappa shape index (κ3) is 4.49. The number of halogens is 2. The molecule has 6 nitrogen and oxygen atoms in total. The number of nitrogens with zero attached hydrogens (tertiary/aromatic N) is 2. The Labute approximate surface area is 146 Å². The van der Waals surface area contributed by atoms with Crippen LogP contribution in [0.3, 0.4) is 0 Å². The molecule has 1 heterocycles. The Morgan fingerprint density at radius 3 is 2.70 bits per heavy atom. The lowest BCUT2D eigenvalue weighted by molar-refractivity contribution is -0.384. The molecule has 0 aliphatic heterocycles. The normalized spacial score (nSPS) is 11.8. The van der Waals surface area contributed by atoms with Gasteiger partial charge in [-0.1, -0.05) is 30.7 Å². The summed E-state index contributed by atoms with van der Waals surface area (Å²) in [6.45, 7) is 2.29. The van der Waals surface area contributed by atoms with Crippen LogP contribution in [0.15, 0.2) is 41.0 Å². The number of carbonyl (C=O) groups excluding carboxylic acids is 1. The number of aromatic nitrogens is 1. The molecule has 23 heavy (non-hydrogen) atoms. The van der Waals surface area contributed by atoms with E-state index in [1.54, 1.807) is 18.2 Å². The Balaban J connectivity index is 2.00. The van der Waals surface area contributed by atoms with E-state index in [2.05, 4.69) is 26.2 Å². The summed E-state index contributed by atoms with van der Waals surface area (Å²) < 4.78 is 0.662. The summed E-state index contributed by atoms with van der Waals surface area (Å²) in [5.74, 6) is -0.323. The quantitative estimate of drug-likeness (QED) is 0.469. The van der Waals surface area contributed by atoms with E-state index in [0.717, 1.165) is 5.56 Å². The Bertz CT molecular complexity index is 737. The maximum atomic E-state index is 12.2. The lowest BCUT2D eigenvalue weighted by atomic mass is 10.0. The summed E-state index contributed by atoms with van der Waals surface area (Å²) in [5.41, 5.74) is 1.23. The van der Waals surface area contributed by atoms with Crippen molar-refractivity contribution >= 4 is 39.1 Å². The first-order valence-electron chi connectivity index (χ1n) is 6.72. The van der Waals surface area contributed by atoms with Gasteiger partial charge in [0.15, 0.2) is 0 Å². The van der Waals surface area contributed by atoms with Gasteiger partial charge in [0.05, 0.1) is 10.5 Å². The fourth-order valence-corrected chi connectivity index (χ4v) is 2.49. The summed E-state index contributed by atoms with van der Waals surface area (Å²) in [4.78, 5) is 26.3. The topological polar surface area (TPSA) is 85.1 Å². The van der Waals surface area contributed by atoms with Crippen LogP contribution in [0.2, 0.25) is 5.15 Å². The zero-order valence-electron chi connectivity index (χ0n) is 12.1. The number of nitro benzene ring substituents is 1. The lowest BCUT2D eigenvalue weighted by Crippen LogP contribution is -2.28. The number of nitro groups is 1. The van der Waals surface area contributed by atoms with E-state index in [-0.39, 0.29) is 28.2 Å². The molecule has 0 aliphatic carbocycles. The maximum absolute atomic E-state index is 12.2. The summed E-state index contributed by atoms with van der Waals surface area (Å²) >= 11 is 9.16. The van der Waals surface area contributed by atoms with Gasteiger partial charge in [-0.3, -0.25) is 14.9 Å². The predicted molar refractivity (Wildman–Crippen MR) is 90.8 cm³/mol. The van der Waals surface area contributed by atoms with E-state index in [9.17, 15) is 14.9 Å². The van der Waals surface area contributed by atoms with Crippen molar-refractivity contribution in [1.29, 1.82) is 0 Å². The second-order valence-electron chi connectivity index (χ2n) is 4.95. The number of non-ortho nitro benzene ring substituents is 1. The van der Waals surface area contributed by atoms with Gasteiger partial charge < -0.3 is 5.32 Å². The summed E-state index contributed by atoms with van der Waals surface area (Å²) in [5, 5.41) is 13.6. The molecule has 1 aromatic heterocycles. The smallest absolute Gasteiger partial charge is 0.269 e. The van der Waals surface area contributed by atoms with Crippen LogP contribution < -0.4 is 5.32 Å². The zero-order valence-corrected chi connectivity index (χ0v) is 14.5. The van der Waals surface area contributed by atoms with E-state index in [4.69, 9.17) is 11.6 Å². The van der Waals surface area contributed by atoms with Crippen LogP contribution in [0.4, 0.5) is 5.69 Å². The van der Waals surface area contributed by atoms with Crippen LogP contribution in [0.5, 0.6) is 0 Å². The minimum atomic E-state index is -0.446. The highest BCUT2D eigenvalue weighted by atomic mass is 79.9. The second-order valence-corrected chi connectivity index (χ2v) is 6.23. The number of benzene rings is 1. The van der Waals surface area contributed by atoms with Crippen LogP contribution in [0.25, 0.3) is 0 Å². The van der Waals surface area contributed by atoms with Gasteiger partial charge in [-0.2, -0.15) is 0 Å². The highest BCUT2D eigenvalue weighted by Gasteiger charge is 2.14. The molecule has 0 saturated heterocycles. The maximum Gasteiger partial charge on any atom is 0.269 e. The summed E-state index contributed by atoms with van der Waals surface area (Å²) in [6.07, 6.45) is 1.51. The molecule has 0 bridgehead atoms. The van der Waals surface area contributed by atoms with Crippen molar-refractivity contribution in [3.8, 4) is 0 Å². The largest absolute Gasteiger partial charge is 0.351 e. The highest BCUT2D eigenvalue weighted by Crippen LogP contribution is 2.20. The molecule has 1 unspecified atom stereocenters. The van der Waals surface area contributed by atoms with Crippen molar-refractivity contribution in [1.82, 2.24) is 10.3 Å². The van der Waals surface area contributed by atoms with Gasteiger partial charge >= 0.3 is 0 Å². The molecule has 1 amide bonds. The van der Waals surface area contributed by atoms with E-state index in [1.165, 1.54) is 18.3 Å². The van der Waals surface area contributed by atoms with Crippen molar-refractivity contribution < 1.29 is 9.72 Å². The Hall–Kier alpha value is -1.99. The van der Waals surface area contributed by atoms with E-state index in [0.29, 0.717) is 11.0 Å². The Morgan fingerprint density at radius 2 is 2.09 bits per heavy atom. The monoisotopic (exact) mass is 397 g/mol. The first-order chi connectivity index (χ1) is 10.9. The molecule has 0 radical (unpaired) electrons. The van der Waals surface area contributed by atoms with E-state index >= 15 is 0 Å². The minimum absolute atomic E-state index is 0.00126. The fourth-order valence-electron chi connectivity index (χ4n) is 1.97. The molecular formula is C15H13BrClN3O3. The molecule has 2 aromatic rings. The number of pyridine rings is 1. The molecule has 0 saturated carbocycles. The molecular weight excluding hydrogens is 386 g/mol. The number of hydrogen-bond acceptors (Lipinski definition) is 4. The minimum Gasteiger partial charge on any atom is -0.351 e. The number of nitrogens with one attached hydrogen (secondary N) is 1. The average Bonchev–Trinajstić information content (AvgIpc) is 2.54. The van der Waals surface area contributed by atoms with Crippen LogP contribution in [0.1, 0.15) is 28.8 Å². The standard InChI is InChI=1S/C15H13BrClN3O3/c1-9(10-2-4-12(5-3-10)20(22)23)7-19-15(21)13-6-11(16)8-18-14(13)17/h2-6,8-9H,7H2,1H3,(H,19,21). The molecule has 1 atom stereocenters. The zero-order chi connectivity index (χ0) is 17.0. The third-order valence-corrected chi connectivity index (χ3v) is 4.03. The van der Waals surface area contributed by atoms with Crippen molar-refractivity contribution in [3.63, 3.8) is 0 Å². The van der Waals surface area contributed by atoms with Gasteiger partial charge in [0, 0.05) is 29.3 Å². The number of rotatable bonds is 5. The molecule has 0 aliphatic rings. The van der Waals surface area contributed by atoms with E-state index < -0.39 is 4.92 Å². The van der Waals surface area contributed by atoms with Gasteiger partial charge in [-0.15, -0.1) is 0 Å². The first-order valence-corrected chi connectivity index (χ1v) is 7.89. The number of amides is 1. The third-order valence-electron chi connectivity index (χ3n) is 3.29. The van der Waals surface area contributed by atoms with Crippen LogP contribution in [-0.2, 0) is 0 Å². The van der Waals surface area contributed by atoms with Crippen molar-refractivity contribution in [2.75, 3.05) is 6.54 Å². The number of carbonyl (C=O) groups is 1. The van der Waals surface area contributed by atoms with Gasteiger partial charge in [0.2, 0.25) is 0 Å². The van der Waals surface area contributed by atoms with Gasteiger partial charge in [-0.05, 0) is 33.5 Å². The second kappa shape index (κ2) is 7.52. The molecule has 1 N–H and O–H groups in total. The molecule has 8 heteroatoms. The predicted octanol–water partition coefficient (Wildman–Crippen LogP) is 3.94. The highest BCUT2D eigenvalue weighted by molar-refractivity contribution is 9.10. The SMILES string of the molecule is CC(CNC(=O)c1cc(Br)cnc1Cl)c1ccc([N+](=O)[O-])cc1. The molecule has 2 rings (SSSR count). The van der Waals surface area contributed by atoms with Gasteiger partial charge in [0.25, 0.3) is 11.6 Å². The molecule has 1 aromatic carbocycles. The van der Waals surface area contributed by atoms with Crippen molar-refractivity contribution in [2.24, 2.45) is 0 Å². The van der Waals surface area contributed by atoms with Crippen LogP contribution in [-0.4, -0.2) is 22.4 Å². The molecule has 0 spiro atoms. The van der Waals surface area contributed by atoms with Crippen LogP contribution >= 0.6 is 27.5 Å². The average molecular weight is 399 g/mol. The van der Waals surface area contributed by atoms with Gasteiger partial charge in [-0.25, -0.2) is 4.98 Å². The lowest BCUT2D eigenvalue weighted by Gasteiger charge is -2.13.